The Morgan fingerprint density at radius 2 is 1.81 bits per heavy atom. The zero-order valence-corrected chi connectivity index (χ0v) is 18.8. The van der Waals surface area contributed by atoms with Crippen LogP contribution < -0.4 is 10.2 Å². The summed E-state index contributed by atoms with van der Waals surface area (Å²) in [5.41, 5.74) is 2.93. The minimum atomic E-state index is -0.305. The molecule has 1 saturated heterocycles. The number of thioether (sulfide) groups is 1. The standard InChI is InChI=1S/C23H26N6O2S/c1-16(22(30)25-18-2-4-19(5-3-18)28-12-14-31-15-13-28)32-23-27-26-21(29(23)20-6-7-20)17-8-10-24-11-9-17/h2-5,8-11,16,20H,6-7,12-15H2,1H3,(H,25,30). The lowest BCUT2D eigenvalue weighted by atomic mass is 10.2. The van der Waals surface area contributed by atoms with E-state index in [0.717, 1.165) is 67.1 Å². The van der Waals surface area contributed by atoms with Gasteiger partial charge in [0.05, 0.1) is 18.5 Å². The largest absolute Gasteiger partial charge is 0.378 e. The third-order valence-electron chi connectivity index (χ3n) is 5.68. The quantitative estimate of drug-likeness (QED) is 0.550. The fourth-order valence-electron chi connectivity index (χ4n) is 3.75. The summed E-state index contributed by atoms with van der Waals surface area (Å²) in [5, 5.41) is 12.3. The number of ether oxygens (including phenoxy) is 1. The minimum Gasteiger partial charge on any atom is -0.378 e. The van der Waals surface area contributed by atoms with Gasteiger partial charge in [0.25, 0.3) is 0 Å². The number of nitrogens with one attached hydrogen (secondary N) is 1. The molecular weight excluding hydrogens is 424 g/mol. The monoisotopic (exact) mass is 450 g/mol. The second-order valence-electron chi connectivity index (χ2n) is 8.04. The molecule has 9 heteroatoms. The number of nitrogens with zero attached hydrogens (tertiary/aromatic N) is 5. The molecule has 1 aromatic carbocycles. The Kier molecular flexibility index (Phi) is 6.09. The number of carbonyl (C=O) groups excluding carboxylic acids is 1. The van der Waals surface area contributed by atoms with E-state index >= 15 is 0 Å². The number of anilines is 2. The van der Waals surface area contributed by atoms with Crippen LogP contribution in [0.2, 0.25) is 0 Å². The summed E-state index contributed by atoms with van der Waals surface area (Å²) < 4.78 is 7.58. The van der Waals surface area contributed by atoms with E-state index in [0.29, 0.717) is 6.04 Å². The van der Waals surface area contributed by atoms with Gasteiger partial charge in [-0.2, -0.15) is 0 Å². The Morgan fingerprint density at radius 3 is 2.50 bits per heavy atom. The molecule has 32 heavy (non-hydrogen) atoms. The van der Waals surface area contributed by atoms with Crippen LogP contribution in [0.1, 0.15) is 25.8 Å². The summed E-state index contributed by atoms with van der Waals surface area (Å²) >= 11 is 1.45. The van der Waals surface area contributed by atoms with Crippen LogP contribution in [0.15, 0.2) is 53.9 Å². The van der Waals surface area contributed by atoms with Crippen molar-refractivity contribution in [1.29, 1.82) is 0 Å². The van der Waals surface area contributed by atoms with Crippen molar-refractivity contribution in [3.05, 3.63) is 48.8 Å². The van der Waals surface area contributed by atoms with Gasteiger partial charge in [-0.3, -0.25) is 14.3 Å². The molecule has 166 valence electrons. The van der Waals surface area contributed by atoms with Crippen LogP contribution in [-0.4, -0.2) is 57.2 Å². The highest BCUT2D eigenvalue weighted by molar-refractivity contribution is 8.00. The zero-order valence-electron chi connectivity index (χ0n) is 18.0. The first-order chi connectivity index (χ1) is 15.7. The molecule has 1 aliphatic carbocycles. The highest BCUT2D eigenvalue weighted by Gasteiger charge is 2.31. The van der Waals surface area contributed by atoms with Crippen LogP contribution in [0, 0.1) is 0 Å². The molecule has 1 unspecified atom stereocenters. The molecule has 1 atom stereocenters. The first-order valence-electron chi connectivity index (χ1n) is 10.9. The van der Waals surface area contributed by atoms with Gasteiger partial charge in [0, 0.05) is 48.5 Å². The number of hydrogen-bond acceptors (Lipinski definition) is 7. The summed E-state index contributed by atoms with van der Waals surface area (Å²) in [6, 6.07) is 12.3. The fraction of sp³-hybridized carbons (Fsp3) is 0.391. The first kappa shape index (κ1) is 21.0. The van der Waals surface area contributed by atoms with Crippen molar-refractivity contribution in [2.45, 2.75) is 36.2 Å². The van der Waals surface area contributed by atoms with E-state index in [9.17, 15) is 4.79 Å². The molecule has 5 rings (SSSR count). The topological polar surface area (TPSA) is 85.2 Å². The van der Waals surface area contributed by atoms with E-state index in [1.54, 1.807) is 12.4 Å². The molecule has 0 spiro atoms. The fourth-order valence-corrected chi connectivity index (χ4v) is 4.67. The number of aromatic nitrogens is 4. The van der Waals surface area contributed by atoms with Crippen molar-refractivity contribution < 1.29 is 9.53 Å². The van der Waals surface area contributed by atoms with E-state index in [-0.39, 0.29) is 11.2 Å². The predicted molar refractivity (Wildman–Crippen MR) is 125 cm³/mol. The smallest absolute Gasteiger partial charge is 0.237 e. The van der Waals surface area contributed by atoms with Crippen LogP contribution in [0.4, 0.5) is 11.4 Å². The van der Waals surface area contributed by atoms with Crippen molar-refractivity contribution in [1.82, 2.24) is 19.7 Å². The molecule has 1 aliphatic heterocycles. The molecule has 1 saturated carbocycles. The van der Waals surface area contributed by atoms with Gasteiger partial charge >= 0.3 is 0 Å². The van der Waals surface area contributed by atoms with Crippen molar-refractivity contribution >= 4 is 29.0 Å². The van der Waals surface area contributed by atoms with Gasteiger partial charge < -0.3 is 15.0 Å². The lowest BCUT2D eigenvalue weighted by Crippen LogP contribution is -2.36. The minimum absolute atomic E-state index is 0.0510. The third kappa shape index (κ3) is 4.63. The van der Waals surface area contributed by atoms with Gasteiger partial charge in [-0.15, -0.1) is 10.2 Å². The molecule has 8 nitrogen and oxygen atoms in total. The van der Waals surface area contributed by atoms with Gasteiger partial charge in [0.1, 0.15) is 0 Å². The van der Waals surface area contributed by atoms with Crippen LogP contribution in [0.25, 0.3) is 11.4 Å². The molecule has 2 aromatic heterocycles. The van der Waals surface area contributed by atoms with Gasteiger partial charge in [-0.1, -0.05) is 11.8 Å². The second-order valence-corrected chi connectivity index (χ2v) is 9.35. The summed E-state index contributed by atoms with van der Waals surface area (Å²) in [4.78, 5) is 19.2. The molecule has 1 N–H and O–H groups in total. The SMILES string of the molecule is CC(Sc1nnc(-c2ccncc2)n1C1CC1)C(=O)Nc1ccc(N2CCOCC2)cc1. The van der Waals surface area contributed by atoms with E-state index in [4.69, 9.17) is 4.74 Å². The third-order valence-corrected chi connectivity index (χ3v) is 6.73. The van der Waals surface area contributed by atoms with E-state index in [1.807, 2.05) is 43.3 Å². The van der Waals surface area contributed by atoms with E-state index in [2.05, 4.69) is 30.0 Å². The summed E-state index contributed by atoms with van der Waals surface area (Å²) in [7, 11) is 0. The summed E-state index contributed by atoms with van der Waals surface area (Å²) in [5.74, 6) is 0.786. The highest BCUT2D eigenvalue weighted by Crippen LogP contribution is 2.41. The van der Waals surface area contributed by atoms with Gasteiger partial charge in [-0.05, 0) is 56.2 Å². The van der Waals surface area contributed by atoms with Crippen LogP contribution in [-0.2, 0) is 9.53 Å². The van der Waals surface area contributed by atoms with Crippen LogP contribution in [0.3, 0.4) is 0 Å². The maximum atomic E-state index is 12.9. The second kappa shape index (κ2) is 9.30. The lowest BCUT2D eigenvalue weighted by molar-refractivity contribution is -0.115. The van der Waals surface area contributed by atoms with E-state index in [1.165, 1.54) is 11.8 Å². The zero-order chi connectivity index (χ0) is 21.9. The maximum Gasteiger partial charge on any atom is 0.237 e. The Labute approximate surface area is 191 Å². The summed E-state index contributed by atoms with van der Waals surface area (Å²) in [6.45, 7) is 5.19. The molecule has 3 heterocycles. The lowest BCUT2D eigenvalue weighted by Gasteiger charge is -2.28. The Balaban J connectivity index is 1.25. The Bertz CT molecular complexity index is 1060. The van der Waals surface area contributed by atoms with Crippen LogP contribution in [0.5, 0.6) is 0 Å². The van der Waals surface area contributed by atoms with Crippen LogP contribution >= 0.6 is 11.8 Å². The maximum absolute atomic E-state index is 12.9. The molecule has 0 radical (unpaired) electrons. The number of pyridine rings is 1. The highest BCUT2D eigenvalue weighted by atomic mass is 32.2. The molecular formula is C23H26N6O2S. The van der Waals surface area contributed by atoms with Gasteiger partial charge in [0.2, 0.25) is 5.91 Å². The Morgan fingerprint density at radius 1 is 1.09 bits per heavy atom. The van der Waals surface area contributed by atoms with Crippen molar-refractivity contribution in [2.24, 2.45) is 0 Å². The number of hydrogen-bond donors (Lipinski definition) is 1. The van der Waals surface area contributed by atoms with Gasteiger partial charge in [0.15, 0.2) is 11.0 Å². The number of morpholine rings is 1. The van der Waals surface area contributed by atoms with Crippen molar-refractivity contribution in [3.8, 4) is 11.4 Å². The average molecular weight is 451 g/mol. The number of benzene rings is 1. The molecule has 2 fully saturated rings. The number of amides is 1. The molecule has 0 bridgehead atoms. The molecule has 1 amide bonds. The molecule has 3 aromatic rings. The number of rotatable bonds is 7. The predicted octanol–water partition coefficient (Wildman–Crippen LogP) is 3.63. The van der Waals surface area contributed by atoms with Gasteiger partial charge in [-0.25, -0.2) is 0 Å². The summed E-state index contributed by atoms with van der Waals surface area (Å²) in [6.07, 6.45) is 5.74. The van der Waals surface area contributed by atoms with Crippen molar-refractivity contribution in [3.63, 3.8) is 0 Å². The number of carbonyl (C=O) groups is 1. The molecule has 2 aliphatic rings. The first-order valence-corrected chi connectivity index (χ1v) is 11.8. The Hall–Kier alpha value is -2.91. The van der Waals surface area contributed by atoms with Crippen molar-refractivity contribution in [2.75, 3.05) is 36.5 Å². The van der Waals surface area contributed by atoms with E-state index < -0.39 is 0 Å². The average Bonchev–Trinajstić information content (AvgIpc) is 3.60. The normalized spacial score (nSPS) is 17.2.